The van der Waals surface area contributed by atoms with E-state index in [9.17, 15) is 18.0 Å². The molecule has 0 saturated heterocycles. The fourth-order valence-corrected chi connectivity index (χ4v) is 5.24. The van der Waals surface area contributed by atoms with Gasteiger partial charge < -0.3 is 16.0 Å². The number of fused-ring (bicyclic) bond motifs is 1. The molecule has 0 unspecified atom stereocenters. The van der Waals surface area contributed by atoms with Crippen LogP contribution in [0.25, 0.3) is 11.0 Å². The van der Waals surface area contributed by atoms with E-state index in [-0.39, 0.29) is 24.0 Å². The average molecular weight is 534 g/mol. The number of hydrogen-bond donors (Lipinski definition) is 2. The molecule has 3 N–H and O–H groups in total. The Morgan fingerprint density at radius 2 is 1.73 bits per heavy atom. The number of halogens is 4. The topological polar surface area (TPSA) is 84.1 Å². The number of amides is 1. The van der Waals surface area contributed by atoms with Crippen molar-refractivity contribution >= 4 is 40.7 Å². The molecule has 2 aromatic heterocycles. The normalized spacial score (nSPS) is 20.7. The van der Waals surface area contributed by atoms with Crippen molar-refractivity contribution in [3.8, 4) is 0 Å². The van der Waals surface area contributed by atoms with Gasteiger partial charge in [0.05, 0.1) is 22.9 Å². The molecule has 3 aromatic rings. The smallest absolute Gasteiger partial charge is 0.354 e. The third kappa shape index (κ3) is 5.83. The van der Waals surface area contributed by atoms with Crippen molar-refractivity contribution in [2.24, 2.45) is 11.7 Å². The summed E-state index contributed by atoms with van der Waals surface area (Å²) in [7, 11) is 1.25. The fraction of sp³-hybridized carbons (Fsp3) is 0.444. The zero-order chi connectivity index (χ0) is 25.4. The van der Waals surface area contributed by atoms with E-state index in [1.54, 1.807) is 24.5 Å². The Morgan fingerprint density at radius 1 is 1.05 bits per heavy atom. The van der Waals surface area contributed by atoms with Crippen molar-refractivity contribution in [3.05, 3.63) is 59.9 Å². The molecule has 0 aliphatic heterocycles. The molecule has 1 atom stereocenters. The van der Waals surface area contributed by atoms with Gasteiger partial charge in [-0.1, -0.05) is 12.1 Å². The Balaban J connectivity index is 0.00000320. The molecule has 2 saturated carbocycles. The van der Waals surface area contributed by atoms with Crippen LogP contribution in [0.2, 0.25) is 0 Å². The van der Waals surface area contributed by atoms with Crippen molar-refractivity contribution in [1.82, 2.24) is 14.9 Å². The predicted octanol–water partition coefficient (Wildman–Crippen LogP) is 6.25. The number of carbonyl (C=O) groups is 1. The van der Waals surface area contributed by atoms with Gasteiger partial charge in [0.2, 0.25) is 5.91 Å². The number of pyridine rings is 2. The number of hydrogen-bond acceptors (Lipinski definition) is 5. The molecule has 0 radical (unpaired) electrons. The van der Waals surface area contributed by atoms with E-state index < -0.39 is 24.0 Å². The second kappa shape index (κ2) is 10.8. The molecule has 2 aliphatic rings. The first kappa shape index (κ1) is 27.1. The van der Waals surface area contributed by atoms with Crippen LogP contribution in [0.5, 0.6) is 0 Å². The van der Waals surface area contributed by atoms with E-state index in [1.165, 1.54) is 19.2 Å². The van der Waals surface area contributed by atoms with Crippen molar-refractivity contribution < 1.29 is 18.0 Å². The molecule has 37 heavy (non-hydrogen) atoms. The van der Waals surface area contributed by atoms with E-state index in [0.717, 1.165) is 40.0 Å². The van der Waals surface area contributed by atoms with Gasteiger partial charge in [-0.15, -0.1) is 12.4 Å². The summed E-state index contributed by atoms with van der Waals surface area (Å²) >= 11 is 0. The quantitative estimate of drug-likeness (QED) is 0.391. The van der Waals surface area contributed by atoms with Crippen LogP contribution in [0, 0.1) is 5.92 Å². The third-order valence-corrected chi connectivity index (χ3v) is 7.32. The third-order valence-electron chi connectivity index (χ3n) is 7.32. The van der Waals surface area contributed by atoms with Gasteiger partial charge in [0, 0.05) is 36.5 Å². The number of nitrogens with zero attached hydrogens (tertiary/aromatic N) is 3. The minimum Gasteiger partial charge on any atom is -0.354 e. The fourth-order valence-electron chi connectivity index (χ4n) is 5.24. The van der Waals surface area contributed by atoms with Gasteiger partial charge in [-0.2, -0.15) is 13.2 Å². The maximum Gasteiger partial charge on any atom is 0.413 e. The Morgan fingerprint density at radius 3 is 2.35 bits per heavy atom. The van der Waals surface area contributed by atoms with Crippen LogP contribution in [-0.4, -0.2) is 40.0 Å². The van der Waals surface area contributed by atoms with Gasteiger partial charge in [-0.05, 0) is 74.3 Å². The molecule has 1 aromatic carbocycles. The van der Waals surface area contributed by atoms with Gasteiger partial charge in [-0.3, -0.25) is 14.8 Å². The van der Waals surface area contributed by atoms with E-state index in [0.29, 0.717) is 37.3 Å². The summed E-state index contributed by atoms with van der Waals surface area (Å²) in [6.45, 7) is 0. The predicted molar refractivity (Wildman–Crippen MR) is 140 cm³/mol. The number of alkyl halides is 3. The van der Waals surface area contributed by atoms with Crippen molar-refractivity contribution in [3.63, 3.8) is 0 Å². The molecule has 6 nitrogen and oxygen atoms in total. The van der Waals surface area contributed by atoms with Gasteiger partial charge >= 0.3 is 6.18 Å². The lowest BCUT2D eigenvalue weighted by Gasteiger charge is -2.35. The van der Waals surface area contributed by atoms with Crippen LogP contribution >= 0.6 is 12.4 Å². The molecular formula is C27H31ClF3N5O. The van der Waals surface area contributed by atoms with Crippen molar-refractivity contribution in [2.75, 3.05) is 12.4 Å². The van der Waals surface area contributed by atoms with Gasteiger partial charge in [0.25, 0.3) is 0 Å². The number of carbonyl (C=O) groups excluding carboxylic acids is 1. The second-order valence-electron chi connectivity index (χ2n) is 9.98. The molecular weight excluding hydrogens is 503 g/mol. The van der Waals surface area contributed by atoms with Crippen LogP contribution in [-0.2, 0) is 4.79 Å². The van der Waals surface area contributed by atoms with Crippen molar-refractivity contribution in [2.45, 2.75) is 62.7 Å². The molecule has 0 bridgehead atoms. The monoisotopic (exact) mass is 533 g/mol. The summed E-state index contributed by atoms with van der Waals surface area (Å²) in [6.07, 6.45) is 3.40. The molecule has 5 rings (SSSR count). The molecule has 0 spiro atoms. The van der Waals surface area contributed by atoms with E-state index >= 15 is 0 Å². The van der Waals surface area contributed by atoms with Gasteiger partial charge in [-0.25, -0.2) is 0 Å². The van der Waals surface area contributed by atoms with Crippen LogP contribution in [0.15, 0.2) is 48.8 Å². The van der Waals surface area contributed by atoms with E-state index in [4.69, 9.17) is 5.73 Å². The highest BCUT2D eigenvalue weighted by molar-refractivity contribution is 5.86. The number of benzene rings is 1. The lowest BCUT2D eigenvalue weighted by atomic mass is 9.85. The Kier molecular flexibility index (Phi) is 7.94. The molecule has 2 aliphatic carbocycles. The lowest BCUT2D eigenvalue weighted by Crippen LogP contribution is -2.44. The van der Waals surface area contributed by atoms with Gasteiger partial charge in [0.15, 0.2) is 6.04 Å². The first-order valence-corrected chi connectivity index (χ1v) is 12.4. The minimum atomic E-state index is -4.60. The van der Waals surface area contributed by atoms with Gasteiger partial charge in [0.1, 0.15) is 0 Å². The highest BCUT2D eigenvalue weighted by Gasteiger charge is 2.46. The largest absolute Gasteiger partial charge is 0.413 e. The number of aromatic nitrogens is 2. The SMILES string of the molecule is CN(C(=O)C1CCC(N)CC1)[C@H](c1ccc(Nc2cnc3cccnc3c2C2CC2)cc1)C(F)(F)F.Cl. The number of anilines is 2. The standard InChI is InChI=1S/C27H30F3N5O.ClH/c1-35(26(36)18-6-10-19(31)11-7-18)25(27(28,29)30)17-8-12-20(13-9-17)34-22-15-33-21-3-2-14-32-24(21)23(22)16-4-5-16;/h2-3,8-9,12-16,18-19,25,34H,4-7,10-11,31H2,1H3;1H/t18?,19?,25-;/m1./s1. The minimum absolute atomic E-state index is 0. The zero-order valence-corrected chi connectivity index (χ0v) is 21.4. The first-order valence-electron chi connectivity index (χ1n) is 12.4. The molecule has 10 heteroatoms. The Labute approximate surface area is 220 Å². The summed E-state index contributed by atoms with van der Waals surface area (Å²) in [5.74, 6) is -0.499. The molecule has 2 fully saturated rings. The number of nitrogens with one attached hydrogen (secondary N) is 1. The molecule has 198 valence electrons. The summed E-state index contributed by atoms with van der Waals surface area (Å²) in [6, 6.07) is 7.88. The lowest BCUT2D eigenvalue weighted by molar-refractivity contribution is -0.191. The summed E-state index contributed by atoms with van der Waals surface area (Å²) in [5.41, 5.74) is 10.1. The Hall–Kier alpha value is -2.91. The molecule has 2 heterocycles. The summed E-state index contributed by atoms with van der Waals surface area (Å²) < 4.78 is 42.4. The Bertz CT molecular complexity index is 1240. The van der Waals surface area contributed by atoms with Crippen LogP contribution < -0.4 is 11.1 Å². The summed E-state index contributed by atoms with van der Waals surface area (Å²) in [4.78, 5) is 22.8. The first-order chi connectivity index (χ1) is 17.2. The maximum absolute atomic E-state index is 14.1. The number of nitrogens with two attached hydrogens (primary N) is 1. The number of rotatable bonds is 6. The van der Waals surface area contributed by atoms with Crippen LogP contribution in [0.3, 0.4) is 0 Å². The summed E-state index contributed by atoms with van der Waals surface area (Å²) in [5, 5.41) is 3.32. The second-order valence-corrected chi connectivity index (χ2v) is 9.98. The van der Waals surface area contributed by atoms with Crippen LogP contribution in [0.4, 0.5) is 24.5 Å². The maximum atomic E-state index is 14.1. The van der Waals surface area contributed by atoms with Crippen LogP contribution in [0.1, 0.15) is 61.6 Å². The highest BCUT2D eigenvalue weighted by atomic mass is 35.5. The van der Waals surface area contributed by atoms with E-state index in [1.807, 2.05) is 12.1 Å². The van der Waals surface area contributed by atoms with Crippen molar-refractivity contribution in [1.29, 1.82) is 0 Å². The zero-order valence-electron chi connectivity index (χ0n) is 20.5. The molecule has 1 amide bonds. The highest BCUT2D eigenvalue weighted by Crippen LogP contribution is 2.46. The van der Waals surface area contributed by atoms with E-state index in [2.05, 4.69) is 15.3 Å². The average Bonchev–Trinajstić information content (AvgIpc) is 3.69.